The standard InChI is InChI=1S/C12H14BrFN4/c1-2-6-18-10(7-15)16-17-12(18)11-8(13)4-3-5-9(11)14/h3-5H,2,6-7,15H2,1H3. The van der Waals surface area contributed by atoms with Crippen LogP contribution in [0.1, 0.15) is 19.2 Å². The summed E-state index contributed by atoms with van der Waals surface area (Å²) in [6.07, 6.45) is 0.907. The molecule has 0 saturated heterocycles. The second kappa shape index (κ2) is 5.58. The van der Waals surface area contributed by atoms with Crippen LogP contribution in [0.5, 0.6) is 0 Å². The van der Waals surface area contributed by atoms with Gasteiger partial charge in [-0.2, -0.15) is 0 Å². The topological polar surface area (TPSA) is 56.7 Å². The molecule has 0 aliphatic rings. The summed E-state index contributed by atoms with van der Waals surface area (Å²) in [5.74, 6) is 0.863. The zero-order chi connectivity index (χ0) is 13.1. The van der Waals surface area contributed by atoms with Crippen LogP contribution in [0.25, 0.3) is 11.4 Å². The maximum Gasteiger partial charge on any atom is 0.168 e. The van der Waals surface area contributed by atoms with Crippen molar-refractivity contribution in [1.29, 1.82) is 0 Å². The molecule has 1 aromatic heterocycles. The average Bonchev–Trinajstić information content (AvgIpc) is 2.73. The summed E-state index contributed by atoms with van der Waals surface area (Å²) in [5.41, 5.74) is 6.05. The van der Waals surface area contributed by atoms with E-state index < -0.39 is 0 Å². The Morgan fingerprint density at radius 2 is 2.17 bits per heavy atom. The Labute approximate surface area is 113 Å². The highest BCUT2D eigenvalue weighted by Crippen LogP contribution is 2.30. The van der Waals surface area contributed by atoms with E-state index in [-0.39, 0.29) is 5.82 Å². The zero-order valence-electron chi connectivity index (χ0n) is 10.0. The van der Waals surface area contributed by atoms with E-state index >= 15 is 0 Å². The molecule has 0 spiro atoms. The van der Waals surface area contributed by atoms with Gasteiger partial charge in [-0.25, -0.2) is 4.39 Å². The number of nitrogens with two attached hydrogens (primary N) is 1. The van der Waals surface area contributed by atoms with Gasteiger partial charge in [-0.05, 0) is 34.5 Å². The van der Waals surface area contributed by atoms with Crippen molar-refractivity contribution < 1.29 is 4.39 Å². The number of hydrogen-bond acceptors (Lipinski definition) is 3. The van der Waals surface area contributed by atoms with Crippen molar-refractivity contribution in [1.82, 2.24) is 14.8 Å². The van der Waals surface area contributed by atoms with Crippen molar-refractivity contribution in [3.05, 3.63) is 34.3 Å². The smallest absolute Gasteiger partial charge is 0.168 e. The van der Waals surface area contributed by atoms with Crippen LogP contribution >= 0.6 is 15.9 Å². The van der Waals surface area contributed by atoms with Crippen LogP contribution < -0.4 is 5.73 Å². The molecule has 6 heteroatoms. The molecule has 0 unspecified atom stereocenters. The molecule has 2 aromatic rings. The minimum absolute atomic E-state index is 0.291. The van der Waals surface area contributed by atoms with Gasteiger partial charge in [0.25, 0.3) is 0 Å². The van der Waals surface area contributed by atoms with Crippen molar-refractivity contribution in [2.24, 2.45) is 5.73 Å². The molecule has 0 bridgehead atoms. The zero-order valence-corrected chi connectivity index (χ0v) is 11.6. The van der Waals surface area contributed by atoms with Gasteiger partial charge in [0.1, 0.15) is 11.6 Å². The Balaban J connectivity index is 2.60. The first-order valence-corrected chi connectivity index (χ1v) is 6.54. The molecule has 0 radical (unpaired) electrons. The molecule has 0 fully saturated rings. The van der Waals surface area contributed by atoms with Gasteiger partial charge in [-0.3, -0.25) is 0 Å². The number of benzene rings is 1. The first-order chi connectivity index (χ1) is 8.69. The lowest BCUT2D eigenvalue weighted by molar-refractivity contribution is 0.617. The first kappa shape index (κ1) is 13.2. The van der Waals surface area contributed by atoms with Crippen LogP contribution in [0.4, 0.5) is 4.39 Å². The van der Waals surface area contributed by atoms with Gasteiger partial charge >= 0.3 is 0 Å². The molecule has 96 valence electrons. The lowest BCUT2D eigenvalue weighted by atomic mass is 10.2. The predicted molar refractivity (Wildman–Crippen MR) is 71.3 cm³/mol. The van der Waals surface area contributed by atoms with Gasteiger partial charge in [0.05, 0.1) is 12.1 Å². The fourth-order valence-electron chi connectivity index (χ4n) is 1.84. The Hall–Kier alpha value is -1.27. The van der Waals surface area contributed by atoms with E-state index in [0.29, 0.717) is 28.2 Å². The fourth-order valence-corrected chi connectivity index (χ4v) is 2.36. The molecule has 4 nitrogen and oxygen atoms in total. The summed E-state index contributed by atoms with van der Waals surface area (Å²) < 4.78 is 16.5. The largest absolute Gasteiger partial charge is 0.324 e. The quantitative estimate of drug-likeness (QED) is 0.944. The van der Waals surface area contributed by atoms with Crippen LogP contribution in [0.15, 0.2) is 22.7 Å². The maximum atomic E-state index is 13.9. The van der Waals surface area contributed by atoms with E-state index in [1.807, 2.05) is 11.5 Å². The minimum atomic E-state index is -0.322. The maximum absolute atomic E-state index is 13.9. The Kier molecular flexibility index (Phi) is 4.08. The Morgan fingerprint density at radius 3 is 2.78 bits per heavy atom. The van der Waals surface area contributed by atoms with Crippen molar-refractivity contribution in [2.75, 3.05) is 0 Å². The van der Waals surface area contributed by atoms with E-state index in [2.05, 4.69) is 26.1 Å². The van der Waals surface area contributed by atoms with Crippen molar-refractivity contribution in [2.45, 2.75) is 26.4 Å². The number of rotatable bonds is 4. The highest BCUT2D eigenvalue weighted by atomic mass is 79.9. The Morgan fingerprint density at radius 1 is 1.39 bits per heavy atom. The molecule has 2 rings (SSSR count). The van der Waals surface area contributed by atoms with Crippen LogP contribution in [0, 0.1) is 5.82 Å². The summed E-state index contributed by atoms with van der Waals surface area (Å²) in [5, 5.41) is 8.07. The lowest BCUT2D eigenvalue weighted by Crippen LogP contribution is -2.10. The van der Waals surface area contributed by atoms with Crippen LogP contribution in [-0.2, 0) is 13.1 Å². The summed E-state index contributed by atoms with van der Waals surface area (Å²) in [7, 11) is 0. The monoisotopic (exact) mass is 312 g/mol. The third-order valence-electron chi connectivity index (χ3n) is 2.64. The molecule has 0 amide bonds. The van der Waals surface area contributed by atoms with Gasteiger partial charge in [-0.1, -0.05) is 13.0 Å². The molecule has 0 saturated carbocycles. The number of aromatic nitrogens is 3. The van der Waals surface area contributed by atoms with Crippen molar-refractivity contribution in [3.63, 3.8) is 0 Å². The summed E-state index contributed by atoms with van der Waals surface area (Å²) in [6.45, 7) is 3.05. The summed E-state index contributed by atoms with van der Waals surface area (Å²) >= 11 is 3.35. The van der Waals surface area contributed by atoms with E-state index in [9.17, 15) is 4.39 Å². The molecule has 0 atom stereocenters. The Bertz CT molecular complexity index is 533. The molecule has 0 aliphatic carbocycles. The van der Waals surface area contributed by atoms with E-state index in [4.69, 9.17) is 5.73 Å². The highest BCUT2D eigenvalue weighted by Gasteiger charge is 2.18. The van der Waals surface area contributed by atoms with E-state index in [1.54, 1.807) is 12.1 Å². The molecular weight excluding hydrogens is 299 g/mol. The number of nitrogens with zero attached hydrogens (tertiary/aromatic N) is 3. The molecule has 0 aliphatic heterocycles. The first-order valence-electron chi connectivity index (χ1n) is 5.75. The molecule has 18 heavy (non-hydrogen) atoms. The van der Waals surface area contributed by atoms with E-state index in [0.717, 1.165) is 13.0 Å². The van der Waals surface area contributed by atoms with Gasteiger partial charge < -0.3 is 10.3 Å². The van der Waals surface area contributed by atoms with Gasteiger partial charge in [0, 0.05) is 11.0 Å². The van der Waals surface area contributed by atoms with Gasteiger partial charge in [-0.15, -0.1) is 10.2 Å². The summed E-state index contributed by atoms with van der Waals surface area (Å²) in [4.78, 5) is 0. The molecule has 2 N–H and O–H groups in total. The third-order valence-corrected chi connectivity index (χ3v) is 3.30. The van der Waals surface area contributed by atoms with Crippen molar-refractivity contribution in [3.8, 4) is 11.4 Å². The number of hydrogen-bond donors (Lipinski definition) is 1. The molecule has 1 heterocycles. The second-order valence-corrected chi connectivity index (χ2v) is 4.75. The highest BCUT2D eigenvalue weighted by molar-refractivity contribution is 9.10. The molecular formula is C12H14BrFN4. The molecule has 1 aromatic carbocycles. The second-order valence-electron chi connectivity index (χ2n) is 3.89. The van der Waals surface area contributed by atoms with Gasteiger partial charge in [0.2, 0.25) is 0 Å². The third kappa shape index (κ3) is 2.30. The lowest BCUT2D eigenvalue weighted by Gasteiger charge is -2.10. The average molecular weight is 313 g/mol. The normalized spacial score (nSPS) is 10.9. The SMILES string of the molecule is CCCn1c(CN)nnc1-c1c(F)cccc1Br. The van der Waals surface area contributed by atoms with Gasteiger partial charge in [0.15, 0.2) is 5.82 Å². The predicted octanol–water partition coefficient (Wildman–Crippen LogP) is 2.72. The van der Waals surface area contributed by atoms with Crippen LogP contribution in [0.2, 0.25) is 0 Å². The van der Waals surface area contributed by atoms with E-state index in [1.165, 1.54) is 6.07 Å². The van der Waals surface area contributed by atoms with Crippen LogP contribution in [0.3, 0.4) is 0 Å². The van der Waals surface area contributed by atoms with Crippen molar-refractivity contribution >= 4 is 15.9 Å². The van der Waals surface area contributed by atoms with Crippen LogP contribution in [-0.4, -0.2) is 14.8 Å². The number of halogens is 2. The fraction of sp³-hybridized carbons (Fsp3) is 0.333. The summed E-state index contributed by atoms with van der Waals surface area (Å²) in [6, 6.07) is 4.84. The minimum Gasteiger partial charge on any atom is -0.324 e.